The smallest absolute Gasteiger partial charge is 0.252 e. The van der Waals surface area contributed by atoms with Crippen LogP contribution in [0.15, 0.2) is 40.0 Å². The van der Waals surface area contributed by atoms with Gasteiger partial charge in [0.05, 0.1) is 12.1 Å². The molecule has 0 aliphatic heterocycles. The van der Waals surface area contributed by atoms with E-state index in [9.17, 15) is 4.79 Å². The van der Waals surface area contributed by atoms with Gasteiger partial charge in [0.1, 0.15) is 5.82 Å². The predicted molar refractivity (Wildman–Crippen MR) is 75.8 cm³/mol. The number of carbonyl (C=O) groups is 1. The average Bonchev–Trinajstić information content (AvgIpc) is 2.75. The summed E-state index contributed by atoms with van der Waals surface area (Å²) in [6, 6.07) is 5.35. The first kappa shape index (κ1) is 13.2. The summed E-state index contributed by atoms with van der Waals surface area (Å²) < 4.78 is 2.61. The molecular formula is C12H12BrN3OS. The summed E-state index contributed by atoms with van der Waals surface area (Å²) in [5.41, 5.74) is 0.566. The molecule has 2 rings (SSSR count). The number of halogens is 1. The molecule has 94 valence electrons. The van der Waals surface area contributed by atoms with Crippen molar-refractivity contribution < 1.29 is 4.79 Å². The van der Waals surface area contributed by atoms with E-state index in [2.05, 4.69) is 38.9 Å². The van der Waals surface area contributed by atoms with Gasteiger partial charge in [-0.2, -0.15) is 0 Å². The minimum Gasteiger partial charge on any atom is -0.345 e. The van der Waals surface area contributed by atoms with Gasteiger partial charge in [-0.3, -0.25) is 4.79 Å². The van der Waals surface area contributed by atoms with E-state index in [0.29, 0.717) is 12.1 Å². The van der Waals surface area contributed by atoms with Crippen LogP contribution in [0.2, 0.25) is 0 Å². The molecule has 18 heavy (non-hydrogen) atoms. The first-order chi connectivity index (χ1) is 8.58. The Labute approximate surface area is 119 Å². The summed E-state index contributed by atoms with van der Waals surface area (Å²) in [5.74, 6) is 0.655. The topological polar surface area (TPSA) is 46.9 Å². The van der Waals surface area contributed by atoms with Crippen LogP contribution in [0.4, 0.5) is 0 Å². The van der Waals surface area contributed by atoms with Crippen LogP contribution in [0.3, 0.4) is 0 Å². The zero-order valence-corrected chi connectivity index (χ0v) is 12.2. The lowest BCUT2D eigenvalue weighted by molar-refractivity contribution is 0.0948. The van der Waals surface area contributed by atoms with E-state index in [1.165, 1.54) is 0 Å². The molecule has 0 unspecified atom stereocenters. The van der Waals surface area contributed by atoms with Gasteiger partial charge in [-0.1, -0.05) is 0 Å². The van der Waals surface area contributed by atoms with Crippen molar-refractivity contribution in [3.8, 4) is 0 Å². The first-order valence-electron chi connectivity index (χ1n) is 5.31. The lowest BCUT2D eigenvalue weighted by Crippen LogP contribution is -2.24. The molecule has 0 bridgehead atoms. The van der Waals surface area contributed by atoms with Crippen LogP contribution in [-0.4, -0.2) is 15.5 Å². The Bertz CT molecular complexity index is 582. The zero-order chi connectivity index (χ0) is 13.1. The van der Waals surface area contributed by atoms with Gasteiger partial charge in [0.25, 0.3) is 5.91 Å². The fourth-order valence-corrected chi connectivity index (χ4v) is 2.14. The Hall–Kier alpha value is -1.27. The predicted octanol–water partition coefficient (Wildman–Crippen LogP) is 2.40. The lowest BCUT2D eigenvalue weighted by atomic mass is 10.2. The number of rotatable bonds is 3. The highest BCUT2D eigenvalue weighted by molar-refractivity contribution is 9.10. The second-order valence-electron chi connectivity index (χ2n) is 3.80. The Kier molecular flexibility index (Phi) is 4.08. The van der Waals surface area contributed by atoms with Crippen LogP contribution >= 0.6 is 28.6 Å². The van der Waals surface area contributed by atoms with Gasteiger partial charge in [0.15, 0.2) is 0 Å². The van der Waals surface area contributed by atoms with Crippen molar-refractivity contribution in [1.82, 2.24) is 14.9 Å². The quantitative estimate of drug-likeness (QED) is 0.851. The normalized spacial score (nSPS) is 10.4. The van der Waals surface area contributed by atoms with Gasteiger partial charge in [-0.15, -0.1) is 12.6 Å². The number of nitrogens with zero attached hydrogens (tertiary/aromatic N) is 2. The maximum absolute atomic E-state index is 12.0. The van der Waals surface area contributed by atoms with Gasteiger partial charge in [0, 0.05) is 28.8 Å². The summed E-state index contributed by atoms with van der Waals surface area (Å²) in [5, 5.41) is 2.82. The molecular weight excluding hydrogens is 314 g/mol. The van der Waals surface area contributed by atoms with Crippen LogP contribution in [0, 0.1) is 0 Å². The molecule has 0 saturated carbocycles. The van der Waals surface area contributed by atoms with Crippen molar-refractivity contribution >= 4 is 34.5 Å². The van der Waals surface area contributed by atoms with Crippen LogP contribution in [0.25, 0.3) is 0 Å². The number of hydrogen-bond donors (Lipinski definition) is 2. The molecule has 0 atom stereocenters. The van der Waals surface area contributed by atoms with Crippen molar-refractivity contribution in [1.29, 1.82) is 0 Å². The van der Waals surface area contributed by atoms with Crippen molar-refractivity contribution in [2.24, 2.45) is 7.05 Å². The third-order valence-electron chi connectivity index (χ3n) is 2.52. The van der Waals surface area contributed by atoms with E-state index < -0.39 is 0 Å². The minimum absolute atomic E-state index is 0.152. The number of benzene rings is 1. The minimum atomic E-state index is -0.152. The van der Waals surface area contributed by atoms with Crippen LogP contribution < -0.4 is 5.32 Å². The molecule has 0 aliphatic carbocycles. The number of aryl methyl sites for hydroxylation is 1. The van der Waals surface area contributed by atoms with Gasteiger partial charge in [-0.25, -0.2) is 4.98 Å². The Morgan fingerprint density at radius 1 is 1.56 bits per heavy atom. The van der Waals surface area contributed by atoms with E-state index in [-0.39, 0.29) is 5.91 Å². The number of nitrogens with one attached hydrogen (secondary N) is 1. The van der Waals surface area contributed by atoms with Gasteiger partial charge in [-0.05, 0) is 34.1 Å². The van der Waals surface area contributed by atoms with E-state index >= 15 is 0 Å². The molecule has 1 amide bonds. The summed E-state index contributed by atoms with van der Waals surface area (Å²) >= 11 is 7.57. The number of amides is 1. The maximum atomic E-state index is 12.0. The van der Waals surface area contributed by atoms with Crippen LogP contribution in [0.1, 0.15) is 16.2 Å². The molecule has 0 radical (unpaired) electrons. The standard InChI is InChI=1S/C12H12BrN3OS/c1-16-5-4-14-11(16)7-15-12(17)9-6-8(18)2-3-10(9)13/h2-6,18H,7H2,1H3,(H,15,17). The van der Waals surface area contributed by atoms with Gasteiger partial charge < -0.3 is 9.88 Å². The summed E-state index contributed by atoms with van der Waals surface area (Å²) in [7, 11) is 1.89. The molecule has 6 heteroatoms. The van der Waals surface area contributed by atoms with Gasteiger partial charge >= 0.3 is 0 Å². The fourth-order valence-electron chi connectivity index (χ4n) is 1.51. The van der Waals surface area contributed by atoms with E-state index in [1.807, 2.05) is 23.9 Å². The van der Waals surface area contributed by atoms with E-state index in [1.54, 1.807) is 18.3 Å². The summed E-state index contributed by atoms with van der Waals surface area (Å²) in [4.78, 5) is 16.9. The monoisotopic (exact) mass is 325 g/mol. The zero-order valence-electron chi connectivity index (χ0n) is 9.72. The molecule has 4 nitrogen and oxygen atoms in total. The van der Waals surface area contributed by atoms with Crippen molar-refractivity contribution in [3.05, 3.63) is 46.5 Å². The molecule has 1 aromatic carbocycles. The van der Waals surface area contributed by atoms with Crippen molar-refractivity contribution in [2.75, 3.05) is 0 Å². The Morgan fingerprint density at radius 2 is 2.33 bits per heavy atom. The lowest BCUT2D eigenvalue weighted by Gasteiger charge is -2.07. The second kappa shape index (κ2) is 5.58. The first-order valence-corrected chi connectivity index (χ1v) is 6.55. The third-order valence-corrected chi connectivity index (χ3v) is 3.49. The van der Waals surface area contributed by atoms with Crippen molar-refractivity contribution in [3.63, 3.8) is 0 Å². The molecule has 0 fully saturated rings. The molecule has 1 N–H and O–H groups in total. The Balaban J connectivity index is 2.08. The maximum Gasteiger partial charge on any atom is 0.252 e. The molecule has 1 heterocycles. The van der Waals surface area contributed by atoms with Gasteiger partial charge in [0.2, 0.25) is 0 Å². The molecule has 0 spiro atoms. The highest BCUT2D eigenvalue weighted by atomic mass is 79.9. The number of thiol groups is 1. The van der Waals surface area contributed by atoms with E-state index in [4.69, 9.17) is 0 Å². The fraction of sp³-hybridized carbons (Fsp3) is 0.167. The Morgan fingerprint density at radius 3 is 3.00 bits per heavy atom. The average molecular weight is 326 g/mol. The highest BCUT2D eigenvalue weighted by Gasteiger charge is 2.10. The largest absolute Gasteiger partial charge is 0.345 e. The summed E-state index contributed by atoms with van der Waals surface area (Å²) in [6.07, 6.45) is 3.54. The molecule has 1 aromatic heterocycles. The number of hydrogen-bond acceptors (Lipinski definition) is 3. The molecule has 0 saturated heterocycles. The molecule has 0 aliphatic rings. The SMILES string of the molecule is Cn1ccnc1CNC(=O)c1cc(S)ccc1Br. The molecule has 2 aromatic rings. The summed E-state index contributed by atoms with van der Waals surface area (Å²) in [6.45, 7) is 0.394. The highest BCUT2D eigenvalue weighted by Crippen LogP contribution is 2.20. The number of imidazole rings is 1. The van der Waals surface area contributed by atoms with Crippen LogP contribution in [0.5, 0.6) is 0 Å². The third kappa shape index (κ3) is 2.94. The second-order valence-corrected chi connectivity index (χ2v) is 5.17. The van der Waals surface area contributed by atoms with Crippen LogP contribution in [-0.2, 0) is 13.6 Å². The van der Waals surface area contributed by atoms with Crippen molar-refractivity contribution in [2.45, 2.75) is 11.4 Å². The number of aromatic nitrogens is 2. The van der Waals surface area contributed by atoms with E-state index in [0.717, 1.165) is 15.2 Å². The number of carbonyl (C=O) groups excluding carboxylic acids is 1.